The molecule has 2 fully saturated rings. The summed E-state index contributed by atoms with van der Waals surface area (Å²) >= 11 is 0. The Morgan fingerprint density at radius 2 is 2.21 bits per heavy atom. The topological polar surface area (TPSA) is 21.3 Å². The third kappa shape index (κ3) is 2.02. The van der Waals surface area contributed by atoms with Gasteiger partial charge < -0.3 is 10.1 Å². The van der Waals surface area contributed by atoms with Crippen molar-refractivity contribution < 1.29 is 4.74 Å². The highest BCUT2D eigenvalue weighted by atomic mass is 16.5. The maximum absolute atomic E-state index is 6.08. The monoisotopic (exact) mass is 257 g/mol. The molecule has 1 aromatic carbocycles. The van der Waals surface area contributed by atoms with Crippen LogP contribution in [-0.4, -0.2) is 18.8 Å². The molecular weight excluding hydrogens is 234 g/mol. The van der Waals surface area contributed by atoms with Gasteiger partial charge in [0.15, 0.2) is 0 Å². The summed E-state index contributed by atoms with van der Waals surface area (Å²) in [5.74, 6) is 0.738. The van der Waals surface area contributed by atoms with Gasteiger partial charge in [-0.05, 0) is 67.7 Å². The Morgan fingerprint density at radius 1 is 1.26 bits per heavy atom. The average Bonchev–Trinajstić information content (AvgIpc) is 2.45. The molecule has 1 atom stereocenters. The van der Waals surface area contributed by atoms with Crippen LogP contribution in [0.25, 0.3) is 0 Å². The van der Waals surface area contributed by atoms with Crippen molar-refractivity contribution in [3.63, 3.8) is 0 Å². The van der Waals surface area contributed by atoms with Crippen molar-refractivity contribution in [3.8, 4) is 0 Å². The number of fused-ring (bicyclic) bond motifs is 1. The predicted molar refractivity (Wildman–Crippen MR) is 76.4 cm³/mol. The summed E-state index contributed by atoms with van der Waals surface area (Å²) in [6, 6.07) is 6.93. The van der Waals surface area contributed by atoms with Crippen LogP contribution < -0.4 is 5.32 Å². The van der Waals surface area contributed by atoms with Gasteiger partial charge in [0, 0.05) is 13.2 Å². The van der Waals surface area contributed by atoms with Crippen molar-refractivity contribution in [2.45, 2.75) is 56.6 Å². The lowest BCUT2D eigenvalue weighted by Gasteiger charge is -2.47. The Labute approximate surface area is 115 Å². The summed E-state index contributed by atoms with van der Waals surface area (Å²) < 4.78 is 6.08. The lowest BCUT2D eigenvalue weighted by Crippen LogP contribution is -2.45. The summed E-state index contributed by atoms with van der Waals surface area (Å²) in [6.07, 6.45) is 7.63. The van der Waals surface area contributed by atoms with Gasteiger partial charge in [-0.15, -0.1) is 0 Å². The highest BCUT2D eigenvalue weighted by Gasteiger charge is 2.43. The van der Waals surface area contributed by atoms with Crippen molar-refractivity contribution in [3.05, 3.63) is 34.9 Å². The SMILES string of the molecule is c1cc2c(c(C3CCOC4(CCC4)C3)c1)CCNC2. The molecule has 1 aromatic rings. The minimum absolute atomic E-state index is 0.262. The third-order valence-electron chi connectivity index (χ3n) is 5.37. The zero-order valence-electron chi connectivity index (χ0n) is 11.6. The number of nitrogens with one attached hydrogen (secondary N) is 1. The minimum Gasteiger partial charge on any atom is -0.375 e. The molecule has 2 aliphatic heterocycles. The Balaban J connectivity index is 1.64. The summed E-state index contributed by atoms with van der Waals surface area (Å²) in [6.45, 7) is 3.16. The molecule has 102 valence electrons. The van der Waals surface area contributed by atoms with E-state index in [4.69, 9.17) is 4.74 Å². The van der Waals surface area contributed by atoms with Crippen molar-refractivity contribution in [2.24, 2.45) is 0 Å². The van der Waals surface area contributed by atoms with Crippen molar-refractivity contribution in [1.29, 1.82) is 0 Å². The van der Waals surface area contributed by atoms with Gasteiger partial charge in [0.1, 0.15) is 0 Å². The fourth-order valence-corrected chi connectivity index (χ4v) is 4.16. The summed E-state index contributed by atoms with van der Waals surface area (Å²) in [5, 5.41) is 3.48. The van der Waals surface area contributed by atoms with Gasteiger partial charge in [-0.1, -0.05) is 18.2 Å². The highest BCUT2D eigenvalue weighted by molar-refractivity contribution is 5.39. The van der Waals surface area contributed by atoms with E-state index in [1.165, 1.54) is 44.1 Å². The van der Waals surface area contributed by atoms with E-state index in [1.54, 1.807) is 11.1 Å². The number of benzene rings is 1. The van der Waals surface area contributed by atoms with Crippen LogP contribution in [0.1, 0.15) is 54.7 Å². The molecule has 19 heavy (non-hydrogen) atoms. The first kappa shape index (κ1) is 11.9. The number of ether oxygens (including phenoxy) is 1. The molecule has 1 saturated carbocycles. The smallest absolute Gasteiger partial charge is 0.0688 e. The Morgan fingerprint density at radius 3 is 3.05 bits per heavy atom. The Hall–Kier alpha value is -0.860. The van der Waals surface area contributed by atoms with Gasteiger partial charge in [0.05, 0.1) is 5.60 Å². The van der Waals surface area contributed by atoms with E-state index in [2.05, 4.69) is 23.5 Å². The first-order chi connectivity index (χ1) is 9.36. The van der Waals surface area contributed by atoms with Crippen LogP contribution in [-0.2, 0) is 17.7 Å². The van der Waals surface area contributed by atoms with Crippen LogP contribution in [0, 0.1) is 0 Å². The molecule has 1 aliphatic carbocycles. The largest absolute Gasteiger partial charge is 0.375 e. The second kappa shape index (κ2) is 4.60. The van der Waals surface area contributed by atoms with Gasteiger partial charge >= 0.3 is 0 Å². The van der Waals surface area contributed by atoms with E-state index in [0.29, 0.717) is 0 Å². The van der Waals surface area contributed by atoms with Gasteiger partial charge in [-0.3, -0.25) is 0 Å². The van der Waals surface area contributed by atoms with Crippen molar-refractivity contribution in [1.82, 2.24) is 5.32 Å². The fourth-order valence-electron chi connectivity index (χ4n) is 4.16. The lowest BCUT2D eigenvalue weighted by molar-refractivity contribution is -0.133. The highest BCUT2D eigenvalue weighted by Crippen LogP contribution is 2.47. The molecule has 0 bridgehead atoms. The Kier molecular flexibility index (Phi) is 2.89. The third-order valence-corrected chi connectivity index (χ3v) is 5.37. The molecule has 0 aromatic heterocycles. The molecule has 1 N–H and O–H groups in total. The number of rotatable bonds is 1. The van der Waals surface area contributed by atoms with E-state index in [-0.39, 0.29) is 5.60 Å². The number of hydrogen-bond donors (Lipinski definition) is 1. The molecule has 1 unspecified atom stereocenters. The second-order valence-electron chi connectivity index (χ2n) is 6.49. The molecule has 1 saturated heterocycles. The Bertz CT molecular complexity index is 478. The molecule has 0 radical (unpaired) electrons. The van der Waals surface area contributed by atoms with E-state index >= 15 is 0 Å². The maximum atomic E-state index is 6.08. The van der Waals surface area contributed by atoms with Gasteiger partial charge in [-0.25, -0.2) is 0 Å². The second-order valence-corrected chi connectivity index (χ2v) is 6.49. The molecule has 0 amide bonds. The number of hydrogen-bond acceptors (Lipinski definition) is 2. The zero-order chi connectivity index (χ0) is 12.7. The first-order valence-electron chi connectivity index (χ1n) is 7.82. The minimum atomic E-state index is 0.262. The molecule has 3 aliphatic rings. The molecule has 1 spiro atoms. The summed E-state index contributed by atoms with van der Waals surface area (Å²) in [5.41, 5.74) is 5.06. The van der Waals surface area contributed by atoms with Gasteiger partial charge in [0.2, 0.25) is 0 Å². The molecular formula is C17H23NO. The van der Waals surface area contributed by atoms with Crippen LogP contribution in [0.5, 0.6) is 0 Å². The van der Waals surface area contributed by atoms with E-state index < -0.39 is 0 Å². The fraction of sp³-hybridized carbons (Fsp3) is 0.647. The van der Waals surface area contributed by atoms with Crippen molar-refractivity contribution >= 4 is 0 Å². The summed E-state index contributed by atoms with van der Waals surface area (Å²) in [7, 11) is 0. The van der Waals surface area contributed by atoms with E-state index in [9.17, 15) is 0 Å². The molecule has 2 nitrogen and oxygen atoms in total. The zero-order valence-corrected chi connectivity index (χ0v) is 11.6. The van der Waals surface area contributed by atoms with Crippen LogP contribution >= 0.6 is 0 Å². The average molecular weight is 257 g/mol. The van der Waals surface area contributed by atoms with Gasteiger partial charge in [0.25, 0.3) is 0 Å². The molecule has 4 rings (SSSR count). The normalized spacial score (nSPS) is 28.7. The van der Waals surface area contributed by atoms with Crippen LogP contribution in [0.2, 0.25) is 0 Å². The maximum Gasteiger partial charge on any atom is 0.0688 e. The molecule has 2 heterocycles. The van der Waals surface area contributed by atoms with E-state index in [1.807, 2.05) is 0 Å². The van der Waals surface area contributed by atoms with E-state index in [0.717, 1.165) is 25.6 Å². The standard InChI is InChI=1S/C17H23NO/c1-3-14-12-18-9-5-16(14)15(4-1)13-6-10-19-17(11-13)7-2-8-17/h1,3-4,13,18H,2,5-12H2. The van der Waals surface area contributed by atoms with Crippen LogP contribution in [0.15, 0.2) is 18.2 Å². The van der Waals surface area contributed by atoms with Gasteiger partial charge in [-0.2, -0.15) is 0 Å². The summed E-state index contributed by atoms with van der Waals surface area (Å²) in [4.78, 5) is 0. The quantitative estimate of drug-likeness (QED) is 0.834. The molecule has 2 heteroatoms. The first-order valence-corrected chi connectivity index (χ1v) is 7.82. The predicted octanol–water partition coefficient (Wildman–Crippen LogP) is 3.15. The lowest BCUT2D eigenvalue weighted by atomic mass is 9.69. The van der Waals surface area contributed by atoms with Crippen molar-refractivity contribution in [2.75, 3.05) is 13.2 Å². The van der Waals surface area contributed by atoms with Crippen LogP contribution in [0.3, 0.4) is 0 Å². The van der Waals surface area contributed by atoms with Crippen LogP contribution in [0.4, 0.5) is 0 Å².